The molecule has 1 aliphatic carbocycles. The van der Waals surface area contributed by atoms with Crippen LogP contribution in [0, 0.1) is 11.8 Å². The Morgan fingerprint density at radius 2 is 2.35 bits per heavy atom. The Morgan fingerprint density at radius 3 is 2.88 bits per heavy atom. The van der Waals surface area contributed by atoms with Crippen molar-refractivity contribution < 1.29 is 14.7 Å². The highest BCUT2D eigenvalue weighted by Gasteiger charge is 2.48. The van der Waals surface area contributed by atoms with Crippen LogP contribution < -0.4 is 5.32 Å². The lowest BCUT2D eigenvalue weighted by atomic mass is 10.3. The van der Waals surface area contributed by atoms with Crippen LogP contribution in [0.3, 0.4) is 0 Å². The minimum atomic E-state index is -0.880. The lowest BCUT2D eigenvalue weighted by Gasteiger charge is -2.02. The van der Waals surface area contributed by atoms with Crippen LogP contribution in [0.15, 0.2) is 12.3 Å². The number of carbonyl (C=O) groups excluding carboxylic acids is 1. The Hall–Kier alpha value is -1.85. The molecule has 1 aromatic rings. The van der Waals surface area contributed by atoms with E-state index in [1.165, 1.54) is 0 Å². The maximum absolute atomic E-state index is 11.5. The molecule has 1 amide bonds. The van der Waals surface area contributed by atoms with Gasteiger partial charge in [-0.3, -0.25) is 14.3 Å². The Morgan fingerprint density at radius 1 is 1.59 bits per heavy atom. The summed E-state index contributed by atoms with van der Waals surface area (Å²) in [6, 6.07) is 1.89. The average molecular weight is 237 g/mol. The zero-order valence-electron chi connectivity index (χ0n) is 9.59. The second kappa shape index (κ2) is 4.57. The molecule has 0 spiro atoms. The molecule has 1 aliphatic rings. The molecule has 0 aliphatic heterocycles. The van der Waals surface area contributed by atoms with Gasteiger partial charge in [-0.2, -0.15) is 5.10 Å². The minimum absolute atomic E-state index is 0.159. The molecule has 1 fully saturated rings. The van der Waals surface area contributed by atoms with Crippen LogP contribution in [-0.2, 0) is 23.1 Å². The quantitative estimate of drug-likeness (QED) is 0.742. The molecule has 2 rings (SSSR count). The highest BCUT2D eigenvalue weighted by Crippen LogP contribution is 2.38. The van der Waals surface area contributed by atoms with Crippen molar-refractivity contribution in [3.63, 3.8) is 0 Å². The van der Waals surface area contributed by atoms with Crippen LogP contribution in [0.4, 0.5) is 0 Å². The molecule has 92 valence electrons. The number of carbonyl (C=O) groups is 2. The fraction of sp³-hybridized carbons (Fsp3) is 0.545. The van der Waals surface area contributed by atoms with E-state index < -0.39 is 11.9 Å². The van der Waals surface area contributed by atoms with Gasteiger partial charge >= 0.3 is 5.97 Å². The van der Waals surface area contributed by atoms with E-state index in [1.54, 1.807) is 4.68 Å². The summed E-state index contributed by atoms with van der Waals surface area (Å²) in [6.45, 7) is 0.499. The topological polar surface area (TPSA) is 84.2 Å². The molecule has 0 aromatic carbocycles. The molecule has 2 N–H and O–H groups in total. The Bertz CT molecular complexity index is 441. The number of hydrogen-bond acceptors (Lipinski definition) is 3. The smallest absolute Gasteiger partial charge is 0.307 e. The van der Waals surface area contributed by atoms with Gasteiger partial charge in [-0.15, -0.1) is 0 Å². The van der Waals surface area contributed by atoms with E-state index in [1.807, 2.05) is 19.3 Å². The molecule has 0 saturated heterocycles. The zero-order chi connectivity index (χ0) is 12.4. The van der Waals surface area contributed by atoms with Gasteiger partial charge in [0.2, 0.25) is 5.91 Å². The highest BCUT2D eigenvalue weighted by molar-refractivity contribution is 5.89. The van der Waals surface area contributed by atoms with E-state index in [9.17, 15) is 9.59 Å². The number of amides is 1. The van der Waals surface area contributed by atoms with Crippen molar-refractivity contribution in [2.75, 3.05) is 6.54 Å². The number of aromatic nitrogens is 2. The largest absolute Gasteiger partial charge is 0.481 e. The molecule has 0 radical (unpaired) electrons. The van der Waals surface area contributed by atoms with Crippen molar-refractivity contribution in [2.45, 2.75) is 12.8 Å². The summed E-state index contributed by atoms with van der Waals surface area (Å²) in [5.41, 5.74) is 0.915. The van der Waals surface area contributed by atoms with Crippen molar-refractivity contribution >= 4 is 11.9 Å². The molecule has 1 aromatic heterocycles. The van der Waals surface area contributed by atoms with E-state index in [2.05, 4.69) is 10.4 Å². The molecular formula is C11H15N3O3. The fourth-order valence-electron chi connectivity index (χ4n) is 1.80. The number of nitrogens with one attached hydrogen (secondary N) is 1. The van der Waals surface area contributed by atoms with Crippen LogP contribution in [0.2, 0.25) is 0 Å². The van der Waals surface area contributed by atoms with Crippen LogP contribution in [-0.4, -0.2) is 33.3 Å². The maximum Gasteiger partial charge on any atom is 0.307 e. The first-order chi connectivity index (χ1) is 8.08. The third kappa shape index (κ3) is 2.83. The second-order valence-corrected chi connectivity index (χ2v) is 4.31. The van der Waals surface area contributed by atoms with Gasteiger partial charge in [0.25, 0.3) is 0 Å². The van der Waals surface area contributed by atoms with Crippen molar-refractivity contribution in [1.29, 1.82) is 0 Å². The highest BCUT2D eigenvalue weighted by atomic mass is 16.4. The number of hydrogen-bond donors (Lipinski definition) is 2. The summed E-state index contributed by atoms with van der Waals surface area (Å²) in [6.07, 6.45) is 2.97. The number of aryl methyl sites for hydroxylation is 1. The number of rotatable bonds is 5. The Balaban J connectivity index is 1.69. The molecule has 0 bridgehead atoms. The lowest BCUT2D eigenvalue weighted by Crippen LogP contribution is -2.28. The number of aliphatic carboxylic acids is 1. The van der Waals surface area contributed by atoms with Gasteiger partial charge in [-0.05, 0) is 12.5 Å². The number of nitrogens with zero attached hydrogens (tertiary/aromatic N) is 2. The number of carboxylic acids is 1. The van der Waals surface area contributed by atoms with Gasteiger partial charge < -0.3 is 10.4 Å². The molecular weight excluding hydrogens is 222 g/mol. The van der Waals surface area contributed by atoms with Gasteiger partial charge in [-0.25, -0.2) is 0 Å². The second-order valence-electron chi connectivity index (χ2n) is 4.31. The predicted octanol–water partition coefficient (Wildman–Crippen LogP) is -0.201. The molecule has 6 heteroatoms. The van der Waals surface area contributed by atoms with Crippen molar-refractivity contribution in [3.8, 4) is 0 Å². The third-order valence-corrected chi connectivity index (χ3v) is 2.89. The summed E-state index contributed by atoms with van der Waals surface area (Å²) < 4.78 is 1.71. The van der Waals surface area contributed by atoms with Crippen molar-refractivity contribution in [2.24, 2.45) is 18.9 Å². The molecule has 1 heterocycles. The van der Waals surface area contributed by atoms with Crippen molar-refractivity contribution in [3.05, 3.63) is 18.0 Å². The summed E-state index contributed by atoms with van der Waals surface area (Å²) in [5.74, 6) is -1.86. The molecule has 2 unspecified atom stereocenters. The van der Waals surface area contributed by atoms with E-state index in [0.717, 1.165) is 5.69 Å². The van der Waals surface area contributed by atoms with Crippen LogP contribution >= 0.6 is 0 Å². The van der Waals surface area contributed by atoms with Gasteiger partial charge in [0.15, 0.2) is 0 Å². The number of carboxylic acid groups (broad SMARTS) is 1. The lowest BCUT2D eigenvalue weighted by molar-refractivity contribution is -0.140. The summed E-state index contributed by atoms with van der Waals surface area (Å²) in [7, 11) is 1.84. The van der Waals surface area contributed by atoms with E-state index in [-0.39, 0.29) is 11.8 Å². The minimum Gasteiger partial charge on any atom is -0.481 e. The Labute approximate surface area is 98.6 Å². The molecule has 6 nitrogen and oxygen atoms in total. The molecule has 2 atom stereocenters. The first kappa shape index (κ1) is 11.6. The summed E-state index contributed by atoms with van der Waals surface area (Å²) >= 11 is 0. The van der Waals surface area contributed by atoms with E-state index in [4.69, 9.17) is 5.11 Å². The third-order valence-electron chi connectivity index (χ3n) is 2.89. The first-order valence-electron chi connectivity index (χ1n) is 5.57. The SMILES string of the molecule is Cn1ccc(CCNC(=O)C2CC2C(=O)O)n1. The van der Waals surface area contributed by atoms with Crippen LogP contribution in [0.25, 0.3) is 0 Å². The standard InChI is InChI=1S/C11H15N3O3/c1-14-5-3-7(13-14)2-4-12-10(15)8-6-9(8)11(16)17/h3,5,8-9H,2,4,6H2,1H3,(H,12,15)(H,16,17). The summed E-state index contributed by atoms with van der Waals surface area (Å²) in [5, 5.41) is 15.6. The molecule has 17 heavy (non-hydrogen) atoms. The molecule has 1 saturated carbocycles. The van der Waals surface area contributed by atoms with Crippen LogP contribution in [0.1, 0.15) is 12.1 Å². The normalized spacial score (nSPS) is 22.2. The fourth-order valence-corrected chi connectivity index (χ4v) is 1.80. The monoisotopic (exact) mass is 237 g/mol. The average Bonchev–Trinajstić information content (AvgIpc) is 2.97. The first-order valence-corrected chi connectivity index (χ1v) is 5.57. The zero-order valence-corrected chi connectivity index (χ0v) is 9.59. The summed E-state index contributed by atoms with van der Waals surface area (Å²) in [4.78, 5) is 22.1. The van der Waals surface area contributed by atoms with Crippen LogP contribution in [0.5, 0.6) is 0 Å². The maximum atomic E-state index is 11.5. The van der Waals surface area contributed by atoms with Gasteiger partial charge in [0.1, 0.15) is 0 Å². The van der Waals surface area contributed by atoms with Gasteiger partial charge in [-0.1, -0.05) is 0 Å². The van der Waals surface area contributed by atoms with Crippen molar-refractivity contribution in [1.82, 2.24) is 15.1 Å². The Kier molecular flexibility index (Phi) is 3.12. The predicted molar refractivity (Wildman–Crippen MR) is 59.2 cm³/mol. The van der Waals surface area contributed by atoms with E-state index >= 15 is 0 Å². The van der Waals surface area contributed by atoms with Gasteiger partial charge in [0.05, 0.1) is 17.5 Å². The van der Waals surface area contributed by atoms with E-state index in [0.29, 0.717) is 19.4 Å². The van der Waals surface area contributed by atoms with Gasteiger partial charge in [0, 0.05) is 26.2 Å².